The van der Waals surface area contributed by atoms with Crippen LogP contribution in [0.4, 0.5) is 13.2 Å². The first-order valence-electron chi connectivity index (χ1n) is 10.7. The SMILES string of the molecule is CC1CN(CCCNC(=O)C2CC(=O)N(Cc3cccc(C(F)(F)F)c3)C2)CC(C)O1. The van der Waals surface area contributed by atoms with Crippen LogP contribution >= 0.6 is 0 Å². The van der Waals surface area contributed by atoms with Crippen molar-refractivity contribution in [3.05, 3.63) is 35.4 Å². The molecule has 2 amide bonds. The van der Waals surface area contributed by atoms with Crippen molar-refractivity contribution in [2.24, 2.45) is 5.92 Å². The molecule has 2 saturated heterocycles. The number of morpholine rings is 1. The first kappa shape index (κ1) is 23.5. The number of benzene rings is 1. The molecule has 2 fully saturated rings. The molecule has 0 bridgehead atoms. The fraction of sp³-hybridized carbons (Fsp3) is 0.636. The van der Waals surface area contributed by atoms with Gasteiger partial charge in [0.2, 0.25) is 11.8 Å². The summed E-state index contributed by atoms with van der Waals surface area (Å²) >= 11 is 0. The van der Waals surface area contributed by atoms with E-state index in [0.29, 0.717) is 12.1 Å². The quantitative estimate of drug-likeness (QED) is 0.661. The summed E-state index contributed by atoms with van der Waals surface area (Å²) in [5.74, 6) is -0.862. The first-order valence-corrected chi connectivity index (χ1v) is 10.7. The van der Waals surface area contributed by atoms with Crippen molar-refractivity contribution >= 4 is 11.8 Å². The van der Waals surface area contributed by atoms with Gasteiger partial charge in [0.1, 0.15) is 0 Å². The third kappa shape index (κ3) is 6.67. The van der Waals surface area contributed by atoms with Crippen LogP contribution in [0, 0.1) is 5.92 Å². The van der Waals surface area contributed by atoms with E-state index in [1.165, 1.54) is 11.0 Å². The zero-order valence-electron chi connectivity index (χ0n) is 18.0. The molecule has 9 heteroatoms. The lowest BCUT2D eigenvalue weighted by molar-refractivity contribution is -0.137. The summed E-state index contributed by atoms with van der Waals surface area (Å²) in [6.45, 7) is 7.53. The van der Waals surface area contributed by atoms with Gasteiger partial charge in [-0.1, -0.05) is 12.1 Å². The van der Waals surface area contributed by atoms with Crippen molar-refractivity contribution in [3.8, 4) is 0 Å². The van der Waals surface area contributed by atoms with Crippen molar-refractivity contribution in [2.75, 3.05) is 32.7 Å². The van der Waals surface area contributed by atoms with Gasteiger partial charge in [-0.05, 0) is 38.0 Å². The zero-order valence-corrected chi connectivity index (χ0v) is 18.0. The number of rotatable bonds is 7. The van der Waals surface area contributed by atoms with Crippen LogP contribution in [0.5, 0.6) is 0 Å². The van der Waals surface area contributed by atoms with E-state index < -0.39 is 17.7 Å². The van der Waals surface area contributed by atoms with Gasteiger partial charge >= 0.3 is 6.18 Å². The third-order valence-electron chi connectivity index (χ3n) is 5.66. The number of likely N-dealkylation sites (tertiary alicyclic amines) is 1. The van der Waals surface area contributed by atoms with Crippen molar-refractivity contribution < 1.29 is 27.5 Å². The van der Waals surface area contributed by atoms with E-state index in [9.17, 15) is 22.8 Å². The number of carbonyl (C=O) groups excluding carboxylic acids is 2. The minimum absolute atomic E-state index is 0.0694. The molecule has 3 atom stereocenters. The van der Waals surface area contributed by atoms with Crippen molar-refractivity contribution in [3.63, 3.8) is 0 Å². The minimum Gasteiger partial charge on any atom is -0.373 e. The molecule has 0 saturated carbocycles. The molecule has 2 aliphatic heterocycles. The standard InChI is InChI=1S/C22H30F3N3O3/c1-15-11-27(12-16(2)31-15)8-4-7-26-21(30)18-10-20(29)28(14-18)13-17-5-3-6-19(9-17)22(23,24)25/h3,5-6,9,15-16,18H,4,7-8,10-14H2,1-2H3,(H,26,30). The Bertz CT molecular complexity index is 777. The highest BCUT2D eigenvalue weighted by Crippen LogP contribution is 2.30. The third-order valence-corrected chi connectivity index (χ3v) is 5.66. The van der Waals surface area contributed by atoms with Gasteiger partial charge in [-0.15, -0.1) is 0 Å². The summed E-state index contributed by atoms with van der Waals surface area (Å²) in [7, 11) is 0. The average Bonchev–Trinajstić information content (AvgIpc) is 3.04. The molecule has 2 aliphatic rings. The Morgan fingerprint density at radius 2 is 1.90 bits per heavy atom. The molecule has 1 N–H and O–H groups in total. The topological polar surface area (TPSA) is 61.9 Å². The normalized spacial score (nSPS) is 25.1. The van der Waals surface area contributed by atoms with E-state index in [0.717, 1.165) is 38.2 Å². The van der Waals surface area contributed by atoms with Crippen LogP contribution < -0.4 is 5.32 Å². The molecular weight excluding hydrogens is 411 g/mol. The van der Waals surface area contributed by atoms with E-state index in [2.05, 4.69) is 10.2 Å². The lowest BCUT2D eigenvalue weighted by Crippen LogP contribution is -2.46. The van der Waals surface area contributed by atoms with Crippen LogP contribution in [-0.2, 0) is 27.0 Å². The summed E-state index contributed by atoms with van der Waals surface area (Å²) in [5, 5.41) is 2.90. The van der Waals surface area contributed by atoms with Crippen LogP contribution in [0.3, 0.4) is 0 Å². The number of nitrogens with zero attached hydrogens (tertiary/aromatic N) is 2. The lowest BCUT2D eigenvalue weighted by atomic mass is 10.1. The van der Waals surface area contributed by atoms with Gasteiger partial charge in [-0.25, -0.2) is 0 Å². The number of ether oxygens (including phenoxy) is 1. The number of halogens is 3. The summed E-state index contributed by atoms with van der Waals surface area (Å²) in [6, 6.07) is 4.94. The van der Waals surface area contributed by atoms with Gasteiger partial charge in [-0.2, -0.15) is 13.2 Å². The van der Waals surface area contributed by atoms with Gasteiger partial charge < -0.3 is 15.0 Å². The Balaban J connectivity index is 1.43. The van der Waals surface area contributed by atoms with Crippen LogP contribution in [-0.4, -0.2) is 66.5 Å². The maximum Gasteiger partial charge on any atom is 0.416 e. The van der Waals surface area contributed by atoms with Crippen molar-refractivity contribution in [2.45, 2.75) is 51.6 Å². The monoisotopic (exact) mass is 441 g/mol. The van der Waals surface area contributed by atoms with E-state index in [1.54, 1.807) is 6.07 Å². The van der Waals surface area contributed by atoms with Crippen LogP contribution in [0.2, 0.25) is 0 Å². The summed E-state index contributed by atoms with van der Waals surface area (Å²) < 4.78 is 44.4. The number of hydrogen-bond donors (Lipinski definition) is 1. The summed E-state index contributed by atoms with van der Waals surface area (Å²) in [4.78, 5) is 28.5. The van der Waals surface area contributed by atoms with Gasteiger partial charge in [0.05, 0.1) is 23.7 Å². The fourth-order valence-corrected chi connectivity index (χ4v) is 4.29. The van der Waals surface area contributed by atoms with Gasteiger partial charge in [0, 0.05) is 45.7 Å². The molecule has 0 aromatic heterocycles. The predicted molar refractivity (Wildman–Crippen MR) is 109 cm³/mol. The average molecular weight is 441 g/mol. The van der Waals surface area contributed by atoms with Crippen molar-refractivity contribution in [1.29, 1.82) is 0 Å². The van der Waals surface area contributed by atoms with E-state index in [1.807, 2.05) is 13.8 Å². The van der Waals surface area contributed by atoms with Gasteiger partial charge in [0.15, 0.2) is 0 Å². The van der Waals surface area contributed by atoms with Crippen LogP contribution in [0.15, 0.2) is 24.3 Å². The molecule has 3 unspecified atom stereocenters. The Morgan fingerprint density at radius 3 is 2.58 bits per heavy atom. The first-order chi connectivity index (χ1) is 14.6. The smallest absolute Gasteiger partial charge is 0.373 e. The molecular formula is C22H30F3N3O3. The maximum atomic E-state index is 12.9. The molecule has 0 spiro atoms. The Hall–Kier alpha value is -2.13. The van der Waals surface area contributed by atoms with Gasteiger partial charge in [0.25, 0.3) is 0 Å². The number of carbonyl (C=O) groups is 2. The second-order valence-corrected chi connectivity index (χ2v) is 8.53. The highest BCUT2D eigenvalue weighted by molar-refractivity contribution is 5.89. The Labute approximate surface area is 180 Å². The Morgan fingerprint density at radius 1 is 1.19 bits per heavy atom. The highest BCUT2D eigenvalue weighted by atomic mass is 19.4. The zero-order chi connectivity index (χ0) is 22.6. The maximum absolute atomic E-state index is 12.9. The van der Waals surface area contributed by atoms with E-state index in [-0.39, 0.29) is 43.5 Å². The van der Waals surface area contributed by atoms with Crippen LogP contribution in [0.1, 0.15) is 37.8 Å². The fourth-order valence-electron chi connectivity index (χ4n) is 4.29. The van der Waals surface area contributed by atoms with Gasteiger partial charge in [-0.3, -0.25) is 14.5 Å². The largest absolute Gasteiger partial charge is 0.416 e. The molecule has 2 heterocycles. The van der Waals surface area contributed by atoms with Crippen LogP contribution in [0.25, 0.3) is 0 Å². The highest BCUT2D eigenvalue weighted by Gasteiger charge is 2.35. The van der Waals surface area contributed by atoms with E-state index in [4.69, 9.17) is 4.74 Å². The summed E-state index contributed by atoms with van der Waals surface area (Å²) in [6.07, 6.45) is -3.13. The van der Waals surface area contributed by atoms with E-state index >= 15 is 0 Å². The Kier molecular flexibility index (Phi) is 7.59. The molecule has 0 aliphatic carbocycles. The number of alkyl halides is 3. The van der Waals surface area contributed by atoms with Crippen molar-refractivity contribution in [1.82, 2.24) is 15.1 Å². The molecule has 1 aromatic rings. The number of hydrogen-bond acceptors (Lipinski definition) is 4. The molecule has 0 radical (unpaired) electrons. The molecule has 6 nitrogen and oxygen atoms in total. The second-order valence-electron chi connectivity index (χ2n) is 8.53. The number of amides is 2. The molecule has 31 heavy (non-hydrogen) atoms. The molecule has 3 rings (SSSR count). The molecule has 172 valence electrons. The second kappa shape index (κ2) is 9.99. The minimum atomic E-state index is -4.43. The number of nitrogens with one attached hydrogen (secondary N) is 1. The summed E-state index contributed by atoms with van der Waals surface area (Å²) in [5.41, 5.74) is -0.340. The molecule has 1 aromatic carbocycles. The lowest BCUT2D eigenvalue weighted by Gasteiger charge is -2.35. The predicted octanol–water partition coefficient (Wildman–Crippen LogP) is 2.67.